The SMILES string of the molecule is C[C@@H]1CN(C)C[C@H](C)N1Cc1ccccc1. The molecule has 2 rings (SSSR count). The van der Waals surface area contributed by atoms with Crippen LogP contribution in [0.5, 0.6) is 0 Å². The molecule has 0 unspecified atom stereocenters. The fourth-order valence-corrected chi connectivity index (χ4v) is 2.73. The second-order valence-electron chi connectivity index (χ2n) is 5.08. The minimum Gasteiger partial charge on any atom is -0.303 e. The number of hydrogen-bond donors (Lipinski definition) is 0. The summed E-state index contributed by atoms with van der Waals surface area (Å²) >= 11 is 0. The summed E-state index contributed by atoms with van der Waals surface area (Å²) in [5.74, 6) is 0. The first-order valence-corrected chi connectivity index (χ1v) is 6.15. The molecular formula is C14H22N2. The number of rotatable bonds is 2. The van der Waals surface area contributed by atoms with Gasteiger partial charge in [-0.25, -0.2) is 0 Å². The van der Waals surface area contributed by atoms with Gasteiger partial charge in [-0.3, -0.25) is 4.90 Å². The Kier molecular flexibility index (Phi) is 3.62. The number of piperazine rings is 1. The van der Waals surface area contributed by atoms with Gasteiger partial charge in [-0.1, -0.05) is 30.3 Å². The molecule has 0 N–H and O–H groups in total. The van der Waals surface area contributed by atoms with Gasteiger partial charge < -0.3 is 4.90 Å². The molecule has 0 bridgehead atoms. The van der Waals surface area contributed by atoms with E-state index in [9.17, 15) is 0 Å². The first-order valence-electron chi connectivity index (χ1n) is 6.15. The molecule has 2 heteroatoms. The number of likely N-dealkylation sites (N-methyl/N-ethyl adjacent to an activating group) is 1. The standard InChI is InChI=1S/C14H22N2/c1-12-9-15(3)10-13(2)16(12)11-14-7-5-4-6-8-14/h4-8,12-13H,9-11H2,1-3H3/t12-,13+. The first kappa shape index (κ1) is 11.6. The second-order valence-corrected chi connectivity index (χ2v) is 5.08. The Labute approximate surface area is 98.9 Å². The lowest BCUT2D eigenvalue weighted by Gasteiger charge is -2.43. The van der Waals surface area contributed by atoms with E-state index in [1.165, 1.54) is 18.7 Å². The van der Waals surface area contributed by atoms with E-state index in [2.05, 4.69) is 61.0 Å². The van der Waals surface area contributed by atoms with Crippen LogP contribution in [0.3, 0.4) is 0 Å². The Morgan fingerprint density at radius 3 is 2.19 bits per heavy atom. The van der Waals surface area contributed by atoms with Crippen LogP contribution in [-0.4, -0.2) is 42.0 Å². The van der Waals surface area contributed by atoms with Crippen molar-refractivity contribution in [3.8, 4) is 0 Å². The summed E-state index contributed by atoms with van der Waals surface area (Å²) in [6.45, 7) is 8.09. The lowest BCUT2D eigenvalue weighted by Crippen LogP contribution is -2.54. The predicted molar refractivity (Wildman–Crippen MR) is 68.4 cm³/mol. The van der Waals surface area contributed by atoms with Gasteiger partial charge in [0.05, 0.1) is 0 Å². The molecule has 1 aromatic rings. The maximum atomic E-state index is 2.61. The van der Waals surface area contributed by atoms with Gasteiger partial charge in [0.1, 0.15) is 0 Å². The lowest BCUT2D eigenvalue weighted by molar-refractivity contribution is 0.0458. The summed E-state index contributed by atoms with van der Waals surface area (Å²) in [6, 6.07) is 12.1. The van der Waals surface area contributed by atoms with Crippen LogP contribution in [-0.2, 0) is 6.54 Å². The number of benzene rings is 1. The van der Waals surface area contributed by atoms with Crippen molar-refractivity contribution < 1.29 is 0 Å². The molecule has 88 valence electrons. The molecule has 0 aliphatic carbocycles. The summed E-state index contributed by atoms with van der Waals surface area (Å²) in [4.78, 5) is 5.03. The molecule has 0 amide bonds. The summed E-state index contributed by atoms with van der Waals surface area (Å²) in [5, 5.41) is 0. The van der Waals surface area contributed by atoms with Gasteiger partial charge in [0.25, 0.3) is 0 Å². The van der Waals surface area contributed by atoms with Gasteiger partial charge >= 0.3 is 0 Å². The predicted octanol–water partition coefficient (Wildman–Crippen LogP) is 2.21. The molecule has 0 spiro atoms. The van der Waals surface area contributed by atoms with Gasteiger partial charge in [0.15, 0.2) is 0 Å². The van der Waals surface area contributed by atoms with Crippen molar-refractivity contribution in [1.82, 2.24) is 9.80 Å². The summed E-state index contributed by atoms with van der Waals surface area (Å²) in [6.07, 6.45) is 0. The summed E-state index contributed by atoms with van der Waals surface area (Å²) in [5.41, 5.74) is 1.42. The van der Waals surface area contributed by atoms with Crippen molar-refractivity contribution in [3.05, 3.63) is 35.9 Å². The Bertz CT molecular complexity index is 311. The quantitative estimate of drug-likeness (QED) is 0.751. The number of nitrogens with zero attached hydrogens (tertiary/aromatic N) is 2. The lowest BCUT2D eigenvalue weighted by atomic mass is 10.1. The van der Waals surface area contributed by atoms with Crippen LogP contribution in [0.4, 0.5) is 0 Å². The van der Waals surface area contributed by atoms with E-state index in [1.807, 2.05) is 0 Å². The molecule has 1 heterocycles. The van der Waals surface area contributed by atoms with E-state index in [0.29, 0.717) is 12.1 Å². The largest absolute Gasteiger partial charge is 0.303 e. The molecule has 16 heavy (non-hydrogen) atoms. The van der Waals surface area contributed by atoms with Crippen LogP contribution in [0.25, 0.3) is 0 Å². The average Bonchev–Trinajstić information content (AvgIpc) is 2.25. The van der Waals surface area contributed by atoms with Gasteiger partial charge in [-0.2, -0.15) is 0 Å². The molecule has 0 aromatic heterocycles. The van der Waals surface area contributed by atoms with E-state index in [-0.39, 0.29) is 0 Å². The highest BCUT2D eigenvalue weighted by Crippen LogP contribution is 2.17. The van der Waals surface area contributed by atoms with E-state index in [4.69, 9.17) is 0 Å². The minimum atomic E-state index is 0.647. The average molecular weight is 218 g/mol. The smallest absolute Gasteiger partial charge is 0.0240 e. The molecule has 2 atom stereocenters. The summed E-state index contributed by atoms with van der Waals surface area (Å²) < 4.78 is 0. The molecule has 1 saturated heterocycles. The summed E-state index contributed by atoms with van der Waals surface area (Å²) in [7, 11) is 2.22. The molecule has 1 aliphatic heterocycles. The Morgan fingerprint density at radius 1 is 1.06 bits per heavy atom. The van der Waals surface area contributed by atoms with Crippen LogP contribution in [0.1, 0.15) is 19.4 Å². The van der Waals surface area contributed by atoms with Gasteiger partial charge in [-0.15, -0.1) is 0 Å². The van der Waals surface area contributed by atoms with Gasteiger partial charge in [0.2, 0.25) is 0 Å². The molecule has 1 aliphatic rings. The zero-order valence-electron chi connectivity index (χ0n) is 10.6. The van der Waals surface area contributed by atoms with Crippen LogP contribution in [0, 0.1) is 0 Å². The van der Waals surface area contributed by atoms with Crippen molar-refractivity contribution in [2.75, 3.05) is 20.1 Å². The normalized spacial score (nSPS) is 28.2. The maximum absolute atomic E-state index is 2.61. The topological polar surface area (TPSA) is 6.48 Å². The van der Waals surface area contributed by atoms with E-state index < -0.39 is 0 Å². The van der Waals surface area contributed by atoms with Crippen LogP contribution < -0.4 is 0 Å². The molecule has 2 nitrogen and oxygen atoms in total. The van der Waals surface area contributed by atoms with Crippen LogP contribution in [0.15, 0.2) is 30.3 Å². The van der Waals surface area contributed by atoms with Crippen LogP contribution >= 0.6 is 0 Å². The van der Waals surface area contributed by atoms with Crippen molar-refractivity contribution >= 4 is 0 Å². The second kappa shape index (κ2) is 4.98. The fourth-order valence-electron chi connectivity index (χ4n) is 2.73. The van der Waals surface area contributed by atoms with Crippen molar-refractivity contribution in [1.29, 1.82) is 0 Å². The van der Waals surface area contributed by atoms with Crippen molar-refractivity contribution in [2.24, 2.45) is 0 Å². The number of hydrogen-bond acceptors (Lipinski definition) is 2. The third-order valence-electron chi connectivity index (χ3n) is 3.49. The minimum absolute atomic E-state index is 0.647. The third kappa shape index (κ3) is 2.63. The van der Waals surface area contributed by atoms with Gasteiger partial charge in [-0.05, 0) is 26.5 Å². The third-order valence-corrected chi connectivity index (χ3v) is 3.49. The van der Waals surface area contributed by atoms with Gasteiger partial charge in [0, 0.05) is 31.7 Å². The Morgan fingerprint density at radius 2 is 1.62 bits per heavy atom. The van der Waals surface area contributed by atoms with E-state index >= 15 is 0 Å². The maximum Gasteiger partial charge on any atom is 0.0240 e. The molecule has 1 aromatic carbocycles. The molecule has 0 saturated carbocycles. The molecular weight excluding hydrogens is 196 g/mol. The fraction of sp³-hybridized carbons (Fsp3) is 0.571. The zero-order valence-corrected chi connectivity index (χ0v) is 10.6. The Balaban J connectivity index is 2.03. The molecule has 0 radical (unpaired) electrons. The van der Waals surface area contributed by atoms with Crippen molar-refractivity contribution in [2.45, 2.75) is 32.5 Å². The van der Waals surface area contributed by atoms with E-state index in [0.717, 1.165) is 6.54 Å². The highest BCUT2D eigenvalue weighted by Gasteiger charge is 2.27. The Hall–Kier alpha value is -0.860. The van der Waals surface area contributed by atoms with Crippen LogP contribution in [0.2, 0.25) is 0 Å². The van der Waals surface area contributed by atoms with Crippen molar-refractivity contribution in [3.63, 3.8) is 0 Å². The molecule has 1 fully saturated rings. The highest BCUT2D eigenvalue weighted by molar-refractivity contribution is 5.15. The monoisotopic (exact) mass is 218 g/mol. The first-order chi connectivity index (χ1) is 7.66. The highest BCUT2D eigenvalue weighted by atomic mass is 15.3. The van der Waals surface area contributed by atoms with E-state index in [1.54, 1.807) is 0 Å². The zero-order chi connectivity index (χ0) is 11.5.